The summed E-state index contributed by atoms with van der Waals surface area (Å²) in [6.45, 7) is 3.00. The highest BCUT2D eigenvalue weighted by Gasteiger charge is 2.37. The SMILES string of the molecule is CCc1cc(CC2(F)CNC2)n(C)n1. The normalized spacial score (nSPS) is 19.4. The number of nitrogens with zero attached hydrogens (tertiary/aromatic N) is 2. The number of aromatic nitrogens is 2. The van der Waals surface area contributed by atoms with Crippen molar-refractivity contribution in [1.82, 2.24) is 15.1 Å². The van der Waals surface area contributed by atoms with Crippen molar-refractivity contribution in [2.75, 3.05) is 13.1 Å². The zero-order chi connectivity index (χ0) is 10.2. The summed E-state index contributed by atoms with van der Waals surface area (Å²) < 4.78 is 15.6. The monoisotopic (exact) mass is 197 g/mol. The van der Waals surface area contributed by atoms with Crippen LogP contribution in [-0.4, -0.2) is 28.5 Å². The maximum atomic E-state index is 13.8. The van der Waals surface area contributed by atoms with Gasteiger partial charge in [-0.1, -0.05) is 6.92 Å². The average molecular weight is 197 g/mol. The van der Waals surface area contributed by atoms with Gasteiger partial charge in [0.05, 0.1) is 5.69 Å². The van der Waals surface area contributed by atoms with Crippen molar-refractivity contribution in [3.8, 4) is 0 Å². The number of nitrogens with one attached hydrogen (secondary N) is 1. The molecule has 0 unspecified atom stereocenters. The third-order valence-electron chi connectivity index (χ3n) is 2.77. The molecule has 0 spiro atoms. The first-order chi connectivity index (χ1) is 6.63. The molecule has 1 saturated heterocycles. The van der Waals surface area contributed by atoms with Crippen LogP contribution >= 0.6 is 0 Å². The predicted molar refractivity (Wildman–Crippen MR) is 53.0 cm³/mol. The minimum absolute atomic E-state index is 0.472. The van der Waals surface area contributed by atoms with Crippen molar-refractivity contribution in [2.24, 2.45) is 7.05 Å². The molecule has 2 rings (SSSR count). The fourth-order valence-electron chi connectivity index (χ4n) is 1.76. The van der Waals surface area contributed by atoms with Crippen molar-refractivity contribution < 1.29 is 4.39 Å². The van der Waals surface area contributed by atoms with Gasteiger partial charge in [-0.25, -0.2) is 4.39 Å². The van der Waals surface area contributed by atoms with Gasteiger partial charge >= 0.3 is 0 Å². The molecule has 4 heteroatoms. The van der Waals surface area contributed by atoms with E-state index in [1.807, 2.05) is 13.1 Å². The number of alkyl halides is 1. The summed E-state index contributed by atoms with van der Waals surface area (Å²) in [7, 11) is 1.88. The summed E-state index contributed by atoms with van der Waals surface area (Å²) >= 11 is 0. The fourth-order valence-corrected chi connectivity index (χ4v) is 1.76. The number of halogens is 1. The molecule has 0 amide bonds. The molecular weight excluding hydrogens is 181 g/mol. The Morgan fingerprint density at radius 1 is 1.64 bits per heavy atom. The van der Waals surface area contributed by atoms with E-state index in [2.05, 4.69) is 17.3 Å². The molecule has 1 aromatic rings. The van der Waals surface area contributed by atoms with Gasteiger partial charge in [-0.3, -0.25) is 4.68 Å². The lowest BCUT2D eigenvalue weighted by atomic mass is 9.93. The molecule has 14 heavy (non-hydrogen) atoms. The summed E-state index contributed by atoms with van der Waals surface area (Å²) in [6.07, 6.45) is 1.38. The maximum absolute atomic E-state index is 13.8. The number of hydrogen-bond donors (Lipinski definition) is 1. The molecule has 0 aromatic carbocycles. The highest BCUT2D eigenvalue weighted by Crippen LogP contribution is 2.22. The number of hydrogen-bond acceptors (Lipinski definition) is 2. The zero-order valence-corrected chi connectivity index (χ0v) is 8.68. The largest absolute Gasteiger partial charge is 0.310 e. The lowest BCUT2D eigenvalue weighted by molar-refractivity contribution is 0.0889. The molecule has 1 fully saturated rings. The molecule has 2 heterocycles. The molecule has 1 aliphatic rings. The van der Waals surface area contributed by atoms with Crippen LogP contribution in [-0.2, 0) is 19.9 Å². The van der Waals surface area contributed by atoms with Crippen LogP contribution in [0.2, 0.25) is 0 Å². The highest BCUT2D eigenvalue weighted by atomic mass is 19.1. The van der Waals surface area contributed by atoms with Crippen LogP contribution in [0, 0.1) is 0 Å². The van der Waals surface area contributed by atoms with E-state index in [1.165, 1.54) is 0 Å². The smallest absolute Gasteiger partial charge is 0.141 e. The summed E-state index contributed by atoms with van der Waals surface area (Å²) in [5.74, 6) is 0. The van der Waals surface area contributed by atoms with Crippen LogP contribution in [0.3, 0.4) is 0 Å². The predicted octanol–water partition coefficient (Wildman–Crippen LogP) is 0.836. The van der Waals surface area contributed by atoms with Crippen molar-refractivity contribution in [2.45, 2.75) is 25.4 Å². The van der Waals surface area contributed by atoms with Gasteiger partial charge in [0.1, 0.15) is 5.67 Å². The van der Waals surface area contributed by atoms with Crippen molar-refractivity contribution in [3.05, 3.63) is 17.5 Å². The lowest BCUT2D eigenvalue weighted by Crippen LogP contribution is -2.57. The Morgan fingerprint density at radius 3 is 2.79 bits per heavy atom. The third kappa shape index (κ3) is 1.66. The summed E-state index contributed by atoms with van der Waals surface area (Å²) in [4.78, 5) is 0. The Labute approximate surface area is 83.3 Å². The van der Waals surface area contributed by atoms with Crippen LogP contribution < -0.4 is 5.32 Å². The molecule has 1 aromatic heterocycles. The first-order valence-electron chi connectivity index (χ1n) is 5.04. The first kappa shape index (κ1) is 9.65. The summed E-state index contributed by atoms with van der Waals surface area (Å²) in [5.41, 5.74) is 0.989. The second kappa shape index (κ2) is 3.35. The Morgan fingerprint density at radius 2 is 2.36 bits per heavy atom. The van der Waals surface area contributed by atoms with Gasteiger partial charge in [0.2, 0.25) is 0 Å². The van der Waals surface area contributed by atoms with Crippen LogP contribution in [0.4, 0.5) is 4.39 Å². The van der Waals surface area contributed by atoms with Gasteiger partial charge in [-0.15, -0.1) is 0 Å². The van der Waals surface area contributed by atoms with E-state index in [9.17, 15) is 4.39 Å². The van der Waals surface area contributed by atoms with Crippen LogP contribution in [0.1, 0.15) is 18.3 Å². The topological polar surface area (TPSA) is 29.9 Å². The molecule has 0 radical (unpaired) electrons. The van der Waals surface area contributed by atoms with E-state index in [4.69, 9.17) is 0 Å². The van der Waals surface area contributed by atoms with Gasteiger partial charge in [0, 0.05) is 32.3 Å². The Hall–Kier alpha value is -0.900. The standard InChI is InChI=1S/C10H16FN3/c1-3-8-4-9(14(2)13-8)5-10(11)6-12-7-10/h4,12H,3,5-7H2,1-2H3. The van der Waals surface area contributed by atoms with Crippen LogP contribution in [0.25, 0.3) is 0 Å². The second-order valence-electron chi connectivity index (χ2n) is 4.04. The van der Waals surface area contributed by atoms with Gasteiger partial charge in [0.15, 0.2) is 0 Å². The second-order valence-corrected chi connectivity index (χ2v) is 4.04. The number of aryl methyl sites for hydroxylation is 2. The van der Waals surface area contributed by atoms with Gasteiger partial charge in [-0.2, -0.15) is 5.10 Å². The van der Waals surface area contributed by atoms with E-state index in [0.29, 0.717) is 19.5 Å². The van der Waals surface area contributed by atoms with Crippen molar-refractivity contribution in [1.29, 1.82) is 0 Å². The van der Waals surface area contributed by atoms with E-state index in [0.717, 1.165) is 17.8 Å². The Kier molecular flexibility index (Phi) is 2.31. The van der Waals surface area contributed by atoms with E-state index >= 15 is 0 Å². The van der Waals surface area contributed by atoms with E-state index in [-0.39, 0.29) is 0 Å². The fraction of sp³-hybridized carbons (Fsp3) is 0.700. The minimum atomic E-state index is -1.04. The van der Waals surface area contributed by atoms with E-state index in [1.54, 1.807) is 4.68 Å². The van der Waals surface area contributed by atoms with Gasteiger partial charge in [-0.05, 0) is 12.5 Å². The molecule has 3 nitrogen and oxygen atoms in total. The maximum Gasteiger partial charge on any atom is 0.141 e. The zero-order valence-electron chi connectivity index (χ0n) is 8.68. The van der Waals surface area contributed by atoms with Gasteiger partial charge in [0.25, 0.3) is 0 Å². The molecule has 78 valence electrons. The van der Waals surface area contributed by atoms with Crippen LogP contribution in [0.15, 0.2) is 6.07 Å². The molecule has 0 aliphatic carbocycles. The first-order valence-corrected chi connectivity index (χ1v) is 5.04. The van der Waals surface area contributed by atoms with Gasteiger partial charge < -0.3 is 5.32 Å². The van der Waals surface area contributed by atoms with Crippen molar-refractivity contribution in [3.63, 3.8) is 0 Å². The molecule has 0 bridgehead atoms. The van der Waals surface area contributed by atoms with Crippen LogP contribution in [0.5, 0.6) is 0 Å². The van der Waals surface area contributed by atoms with E-state index < -0.39 is 5.67 Å². The summed E-state index contributed by atoms with van der Waals surface area (Å²) in [6, 6.07) is 2.00. The Balaban J connectivity index is 2.11. The number of rotatable bonds is 3. The molecule has 0 atom stereocenters. The molecular formula is C10H16FN3. The lowest BCUT2D eigenvalue weighted by Gasteiger charge is -2.34. The Bertz CT molecular complexity index is 328. The highest BCUT2D eigenvalue weighted by molar-refractivity contribution is 5.14. The minimum Gasteiger partial charge on any atom is -0.310 e. The molecule has 1 aliphatic heterocycles. The molecule has 0 saturated carbocycles. The third-order valence-corrected chi connectivity index (χ3v) is 2.77. The van der Waals surface area contributed by atoms with Crippen molar-refractivity contribution >= 4 is 0 Å². The molecule has 1 N–H and O–H groups in total. The summed E-state index contributed by atoms with van der Waals surface area (Å²) in [5, 5.41) is 7.26. The quantitative estimate of drug-likeness (QED) is 0.778. The average Bonchev–Trinajstić information content (AvgIpc) is 2.45.